The zero-order chi connectivity index (χ0) is 14.6. The zero-order valence-corrected chi connectivity index (χ0v) is 12.8. The quantitative estimate of drug-likeness (QED) is 0.846. The molecule has 1 fully saturated rings. The highest BCUT2D eigenvalue weighted by Gasteiger charge is 2.37. The summed E-state index contributed by atoms with van der Waals surface area (Å²) in [5, 5.41) is 10.1. The Hall–Kier alpha value is -0.980. The minimum atomic E-state index is -0.944. The highest BCUT2D eigenvalue weighted by molar-refractivity contribution is 7.13. The Kier molecular flexibility index (Phi) is 5.12. The Labute approximate surface area is 122 Å². The number of thiazole rings is 1. The molecule has 1 N–H and O–H groups in total. The number of aromatic carboxylic acids is 1. The molecule has 6 heteroatoms. The minimum Gasteiger partial charge on any atom is -0.477 e. The molecule has 1 aromatic rings. The third-order valence-corrected chi connectivity index (χ3v) is 5.14. The summed E-state index contributed by atoms with van der Waals surface area (Å²) in [6.07, 6.45) is 6.40. The van der Waals surface area contributed by atoms with Crippen LogP contribution in [0.2, 0.25) is 0 Å². The average Bonchev–Trinajstić information content (AvgIpc) is 2.71. The summed E-state index contributed by atoms with van der Waals surface area (Å²) in [5.74, 6) is -0.944. The van der Waals surface area contributed by atoms with Crippen molar-refractivity contribution in [2.45, 2.75) is 50.7 Å². The highest BCUT2D eigenvalue weighted by atomic mass is 32.1. The van der Waals surface area contributed by atoms with Gasteiger partial charge in [-0.25, -0.2) is 9.78 Å². The molecule has 1 aliphatic rings. The number of rotatable bonds is 5. The Morgan fingerprint density at radius 3 is 2.45 bits per heavy atom. The third kappa shape index (κ3) is 3.02. The van der Waals surface area contributed by atoms with E-state index in [0.717, 1.165) is 30.7 Å². The maximum Gasteiger partial charge on any atom is 0.347 e. The lowest BCUT2D eigenvalue weighted by Gasteiger charge is -2.29. The van der Waals surface area contributed by atoms with Gasteiger partial charge in [0.05, 0.1) is 12.3 Å². The van der Waals surface area contributed by atoms with E-state index >= 15 is 0 Å². The van der Waals surface area contributed by atoms with Crippen LogP contribution in [0.1, 0.15) is 58.9 Å². The van der Waals surface area contributed by atoms with E-state index in [-0.39, 0.29) is 11.5 Å². The number of nitrogens with zero attached hydrogens (tertiary/aromatic N) is 1. The molecule has 1 aliphatic carbocycles. The first-order valence-corrected chi connectivity index (χ1v) is 7.72. The molecule has 0 amide bonds. The molecule has 112 valence electrons. The number of methoxy groups -OCH3 is 2. The van der Waals surface area contributed by atoms with Crippen LogP contribution in [0.3, 0.4) is 0 Å². The Balaban J connectivity index is 2.38. The number of carboxylic acid groups (broad SMARTS) is 1. The molecular formula is C14H21NO4S. The number of aromatic nitrogens is 1. The van der Waals surface area contributed by atoms with Gasteiger partial charge in [0.25, 0.3) is 0 Å². The summed E-state index contributed by atoms with van der Waals surface area (Å²) in [4.78, 5) is 16.1. The predicted octanol–water partition coefficient (Wildman–Crippen LogP) is 3.18. The van der Waals surface area contributed by atoms with Gasteiger partial charge in [-0.15, -0.1) is 11.3 Å². The van der Waals surface area contributed by atoms with Gasteiger partial charge in [-0.3, -0.25) is 0 Å². The second kappa shape index (κ2) is 6.65. The Morgan fingerprint density at radius 2 is 1.95 bits per heavy atom. The van der Waals surface area contributed by atoms with Crippen molar-refractivity contribution in [3.05, 3.63) is 15.6 Å². The van der Waals surface area contributed by atoms with Crippen LogP contribution in [-0.4, -0.2) is 30.3 Å². The van der Waals surface area contributed by atoms with Crippen LogP contribution >= 0.6 is 11.3 Å². The molecule has 0 saturated heterocycles. The molecule has 1 saturated carbocycles. The Morgan fingerprint density at radius 1 is 1.30 bits per heavy atom. The first-order valence-electron chi connectivity index (χ1n) is 6.90. The van der Waals surface area contributed by atoms with Crippen molar-refractivity contribution >= 4 is 17.3 Å². The van der Waals surface area contributed by atoms with Crippen LogP contribution in [0.15, 0.2) is 0 Å². The van der Waals surface area contributed by atoms with Gasteiger partial charge in [-0.1, -0.05) is 25.7 Å². The summed E-state index contributed by atoms with van der Waals surface area (Å²) in [6, 6.07) is 0. The first kappa shape index (κ1) is 15.4. The minimum absolute atomic E-state index is 0.220. The van der Waals surface area contributed by atoms with Gasteiger partial charge in [0.2, 0.25) is 0 Å². The Bertz CT molecular complexity index is 464. The molecule has 0 unspecified atom stereocenters. The summed E-state index contributed by atoms with van der Waals surface area (Å²) in [6.45, 7) is 0.220. The van der Waals surface area contributed by atoms with Crippen molar-refractivity contribution in [3.8, 4) is 0 Å². The molecule has 0 radical (unpaired) electrons. The smallest absolute Gasteiger partial charge is 0.347 e. The van der Waals surface area contributed by atoms with Crippen molar-refractivity contribution < 1.29 is 19.4 Å². The van der Waals surface area contributed by atoms with Gasteiger partial charge in [0.1, 0.15) is 15.5 Å². The van der Waals surface area contributed by atoms with Crippen LogP contribution in [0.4, 0.5) is 0 Å². The number of ether oxygens (including phenoxy) is 2. The monoisotopic (exact) mass is 299 g/mol. The van der Waals surface area contributed by atoms with Gasteiger partial charge >= 0.3 is 5.97 Å². The summed E-state index contributed by atoms with van der Waals surface area (Å²) < 4.78 is 10.8. The molecule has 5 nitrogen and oxygen atoms in total. The zero-order valence-electron chi connectivity index (χ0n) is 12.0. The summed E-state index contributed by atoms with van der Waals surface area (Å²) >= 11 is 1.23. The van der Waals surface area contributed by atoms with Crippen molar-refractivity contribution in [3.63, 3.8) is 0 Å². The third-order valence-electron chi connectivity index (χ3n) is 3.86. The van der Waals surface area contributed by atoms with Gasteiger partial charge in [-0.2, -0.15) is 0 Å². The molecule has 2 rings (SSSR count). The van der Waals surface area contributed by atoms with Crippen LogP contribution in [-0.2, 0) is 21.7 Å². The van der Waals surface area contributed by atoms with Crippen molar-refractivity contribution in [2.24, 2.45) is 0 Å². The molecule has 1 heterocycles. The highest BCUT2D eigenvalue weighted by Crippen LogP contribution is 2.41. The van der Waals surface area contributed by atoms with Crippen LogP contribution in [0, 0.1) is 0 Å². The first-order chi connectivity index (χ1) is 9.63. The van der Waals surface area contributed by atoms with E-state index in [0.29, 0.717) is 5.69 Å². The van der Waals surface area contributed by atoms with Gasteiger partial charge in [-0.05, 0) is 12.8 Å². The number of hydrogen-bond donors (Lipinski definition) is 1. The average molecular weight is 299 g/mol. The molecule has 20 heavy (non-hydrogen) atoms. The normalized spacial score (nSPS) is 18.7. The molecule has 0 aliphatic heterocycles. The van der Waals surface area contributed by atoms with E-state index in [4.69, 9.17) is 9.47 Å². The summed E-state index contributed by atoms with van der Waals surface area (Å²) in [5.41, 5.74) is 0.0813. The lowest BCUT2D eigenvalue weighted by Crippen LogP contribution is -2.27. The van der Waals surface area contributed by atoms with E-state index in [9.17, 15) is 9.90 Å². The predicted molar refractivity (Wildman–Crippen MR) is 76.2 cm³/mol. The fraction of sp³-hybridized carbons (Fsp3) is 0.714. The van der Waals surface area contributed by atoms with Crippen LogP contribution in [0.25, 0.3) is 0 Å². The molecule has 0 atom stereocenters. The van der Waals surface area contributed by atoms with Gasteiger partial charge in [0, 0.05) is 14.2 Å². The molecule has 0 bridgehead atoms. The van der Waals surface area contributed by atoms with Gasteiger partial charge < -0.3 is 14.6 Å². The molecule has 0 spiro atoms. The molecule has 0 aromatic carbocycles. The van der Waals surface area contributed by atoms with Crippen LogP contribution in [0.5, 0.6) is 0 Å². The van der Waals surface area contributed by atoms with E-state index in [1.54, 1.807) is 14.2 Å². The lowest BCUT2D eigenvalue weighted by molar-refractivity contribution is -0.0282. The maximum atomic E-state index is 11.3. The SMILES string of the molecule is COCc1nc(C2(OC)CCCCCC2)sc1C(=O)O. The topological polar surface area (TPSA) is 68.7 Å². The van der Waals surface area contributed by atoms with Gasteiger partial charge in [0.15, 0.2) is 0 Å². The van der Waals surface area contributed by atoms with Crippen molar-refractivity contribution in [1.29, 1.82) is 0 Å². The number of hydrogen-bond acceptors (Lipinski definition) is 5. The van der Waals surface area contributed by atoms with E-state index in [1.807, 2.05) is 0 Å². The molecule has 1 aromatic heterocycles. The fourth-order valence-electron chi connectivity index (χ4n) is 2.75. The van der Waals surface area contributed by atoms with Crippen LogP contribution < -0.4 is 0 Å². The van der Waals surface area contributed by atoms with E-state index in [2.05, 4.69) is 4.98 Å². The van der Waals surface area contributed by atoms with Crippen molar-refractivity contribution in [1.82, 2.24) is 4.98 Å². The van der Waals surface area contributed by atoms with E-state index < -0.39 is 11.6 Å². The number of carboxylic acids is 1. The van der Waals surface area contributed by atoms with E-state index in [1.165, 1.54) is 24.2 Å². The fourth-order valence-corrected chi connectivity index (χ4v) is 3.89. The molecular weight excluding hydrogens is 278 g/mol. The number of carbonyl (C=O) groups is 1. The second-order valence-electron chi connectivity index (χ2n) is 5.15. The summed E-state index contributed by atoms with van der Waals surface area (Å²) in [7, 11) is 3.24. The largest absolute Gasteiger partial charge is 0.477 e. The standard InChI is InChI=1S/C14H21NO4S/c1-18-9-10-11(12(16)17)20-13(15-10)14(19-2)7-5-3-4-6-8-14/h3-9H2,1-2H3,(H,16,17). The second-order valence-corrected chi connectivity index (χ2v) is 6.14. The maximum absolute atomic E-state index is 11.3. The lowest BCUT2D eigenvalue weighted by atomic mass is 9.95. The van der Waals surface area contributed by atoms with Crippen molar-refractivity contribution in [2.75, 3.05) is 14.2 Å².